The first-order chi connectivity index (χ1) is 16.2. The Balaban J connectivity index is 1.71. The number of hydrogen-bond acceptors (Lipinski definition) is 1. The standard InChI is InChI=1S/C31H32N2O/c1-20(2)13-24-19-34-30-18-32-28(17-26(24)30)22-11-12-33(6)29(16-22)23-14-21-9-7-8-10-25(21)27(15-23)31(3,4)5/h7-12,14-20H,6,13H2,1-5H3. The van der Waals surface area contributed by atoms with Crippen LogP contribution in [0.25, 0.3) is 45.3 Å². The molecule has 0 fully saturated rings. The van der Waals surface area contributed by atoms with Crippen LogP contribution in [-0.4, -0.2) is 0 Å². The van der Waals surface area contributed by atoms with Gasteiger partial charge in [0.05, 0.1) is 6.26 Å². The molecule has 0 saturated heterocycles. The maximum absolute atomic E-state index is 5.76. The summed E-state index contributed by atoms with van der Waals surface area (Å²) in [6.45, 7) is 15.5. The van der Waals surface area contributed by atoms with Crippen LogP contribution < -0.4 is 20.1 Å². The van der Waals surface area contributed by atoms with Gasteiger partial charge in [-0.3, -0.25) is 0 Å². The monoisotopic (exact) mass is 448 g/mol. The first-order valence-corrected chi connectivity index (χ1v) is 12.0. The number of nitrogens with zero attached hydrogens (tertiary/aromatic N) is 2. The maximum Gasteiger partial charge on any atom is 0.217 e. The van der Waals surface area contributed by atoms with Crippen LogP contribution in [0.15, 0.2) is 65.4 Å². The van der Waals surface area contributed by atoms with E-state index in [1.54, 1.807) is 0 Å². The minimum Gasteiger partial charge on any atom is -0.661 e. The van der Waals surface area contributed by atoms with Crippen LogP contribution in [0.1, 0.15) is 45.7 Å². The molecular formula is C31H32N2O. The van der Waals surface area contributed by atoms with E-state index in [1.807, 2.05) is 22.9 Å². The molecule has 34 heavy (non-hydrogen) atoms. The van der Waals surface area contributed by atoms with Crippen molar-refractivity contribution in [3.05, 3.63) is 100 Å². The van der Waals surface area contributed by atoms with Crippen LogP contribution in [0.2, 0.25) is 0 Å². The quantitative estimate of drug-likeness (QED) is 0.395. The molecule has 1 aliphatic rings. The summed E-state index contributed by atoms with van der Waals surface area (Å²) in [7, 11) is 0. The molecular weight excluding hydrogens is 416 g/mol. The van der Waals surface area contributed by atoms with Crippen molar-refractivity contribution >= 4 is 28.7 Å². The van der Waals surface area contributed by atoms with Crippen LogP contribution in [0.3, 0.4) is 0 Å². The smallest absolute Gasteiger partial charge is 0.217 e. The van der Waals surface area contributed by atoms with Gasteiger partial charge in [-0.15, -0.1) is 11.9 Å². The lowest BCUT2D eigenvalue weighted by Crippen LogP contribution is -2.28. The molecule has 0 atom stereocenters. The highest BCUT2D eigenvalue weighted by molar-refractivity contribution is 5.92. The molecule has 0 N–H and O–H groups in total. The second-order valence-corrected chi connectivity index (χ2v) is 10.7. The second-order valence-electron chi connectivity index (χ2n) is 10.7. The topological polar surface area (TPSA) is 33.1 Å². The average molecular weight is 449 g/mol. The Morgan fingerprint density at radius 1 is 1.06 bits per heavy atom. The first-order valence-electron chi connectivity index (χ1n) is 12.0. The van der Waals surface area contributed by atoms with Gasteiger partial charge in [0, 0.05) is 22.9 Å². The van der Waals surface area contributed by atoms with Crippen molar-refractivity contribution in [2.45, 2.75) is 46.5 Å². The summed E-state index contributed by atoms with van der Waals surface area (Å²) in [4.78, 5) is 0. The van der Waals surface area contributed by atoms with E-state index in [2.05, 4.69) is 95.9 Å². The van der Waals surface area contributed by atoms with Gasteiger partial charge in [-0.25, -0.2) is 0 Å². The molecule has 3 nitrogen and oxygen atoms in total. The number of rotatable bonds is 3. The molecule has 0 radical (unpaired) electrons. The zero-order chi connectivity index (χ0) is 24.0. The number of aromatic nitrogens is 1. The summed E-state index contributed by atoms with van der Waals surface area (Å²) < 4.78 is 7.71. The number of hydrogen-bond donors (Lipinski definition) is 0. The average Bonchev–Trinajstić information content (AvgIpc) is 3.19. The molecule has 3 heteroatoms. The van der Waals surface area contributed by atoms with Gasteiger partial charge in [-0.05, 0) is 57.0 Å². The van der Waals surface area contributed by atoms with Crippen molar-refractivity contribution in [1.82, 2.24) is 0 Å². The van der Waals surface area contributed by atoms with Crippen molar-refractivity contribution in [2.75, 3.05) is 0 Å². The molecule has 1 aliphatic heterocycles. The van der Waals surface area contributed by atoms with Crippen LogP contribution >= 0.6 is 0 Å². The van der Waals surface area contributed by atoms with Crippen LogP contribution in [-0.2, 0) is 11.8 Å². The van der Waals surface area contributed by atoms with Gasteiger partial charge in [0.15, 0.2) is 6.20 Å². The summed E-state index contributed by atoms with van der Waals surface area (Å²) >= 11 is 0. The third-order valence-corrected chi connectivity index (χ3v) is 6.47. The lowest BCUT2D eigenvalue weighted by molar-refractivity contribution is -0.486. The van der Waals surface area contributed by atoms with Crippen molar-refractivity contribution in [2.24, 2.45) is 5.92 Å². The molecule has 0 aliphatic carbocycles. The highest BCUT2D eigenvalue weighted by Gasteiger charge is 2.20. The van der Waals surface area contributed by atoms with E-state index in [1.165, 1.54) is 21.9 Å². The van der Waals surface area contributed by atoms with Gasteiger partial charge in [0.25, 0.3) is 0 Å². The number of furan rings is 1. The van der Waals surface area contributed by atoms with E-state index in [0.717, 1.165) is 39.2 Å². The summed E-state index contributed by atoms with van der Waals surface area (Å²) in [5.41, 5.74) is 6.60. The number of fused-ring (bicyclic) bond motifs is 2. The summed E-state index contributed by atoms with van der Waals surface area (Å²) in [5, 5.41) is 9.47. The van der Waals surface area contributed by atoms with Crippen LogP contribution in [0, 0.1) is 12.6 Å². The predicted octanol–water partition coefficient (Wildman–Crippen LogP) is 5.24. The van der Waals surface area contributed by atoms with E-state index in [0.29, 0.717) is 5.92 Å². The lowest BCUT2D eigenvalue weighted by Gasteiger charge is -2.22. The zero-order valence-corrected chi connectivity index (χ0v) is 20.7. The molecule has 0 amide bonds. The Bertz CT molecular complexity index is 1630. The van der Waals surface area contributed by atoms with Gasteiger partial charge in [-0.1, -0.05) is 65.0 Å². The molecule has 172 valence electrons. The van der Waals surface area contributed by atoms with Crippen molar-refractivity contribution in [1.29, 1.82) is 0 Å². The Kier molecular flexibility index (Phi) is 5.44. The van der Waals surface area contributed by atoms with E-state index in [4.69, 9.17) is 9.73 Å². The van der Waals surface area contributed by atoms with Crippen molar-refractivity contribution < 1.29 is 8.66 Å². The Labute approximate surface area is 201 Å². The Morgan fingerprint density at radius 2 is 1.85 bits per heavy atom. The van der Waals surface area contributed by atoms with E-state index in [-0.39, 0.29) is 5.41 Å². The molecule has 3 heterocycles. The van der Waals surface area contributed by atoms with Gasteiger partial charge < -0.3 is 9.73 Å². The fourth-order valence-corrected chi connectivity index (χ4v) is 4.76. The lowest BCUT2D eigenvalue weighted by atomic mass is 9.82. The molecule has 5 rings (SSSR count). The minimum atomic E-state index is 0.0277. The molecule has 0 bridgehead atoms. The van der Waals surface area contributed by atoms with Crippen LogP contribution in [0.5, 0.6) is 0 Å². The van der Waals surface area contributed by atoms with E-state index in [9.17, 15) is 0 Å². The maximum atomic E-state index is 5.76. The van der Waals surface area contributed by atoms with E-state index < -0.39 is 0 Å². The molecule has 0 saturated carbocycles. The minimum absolute atomic E-state index is 0.0277. The van der Waals surface area contributed by atoms with Gasteiger partial charge >= 0.3 is 0 Å². The Hall–Kier alpha value is -3.59. The van der Waals surface area contributed by atoms with Crippen LogP contribution in [0.4, 0.5) is 0 Å². The molecule has 4 aromatic rings. The molecule has 2 aromatic carbocycles. The van der Waals surface area contributed by atoms with E-state index >= 15 is 0 Å². The summed E-state index contributed by atoms with van der Waals surface area (Å²) in [5.74, 6) is 0.566. The SMILES string of the molecule is C=[n+]1ccc(=C2C=c3c(CC(C)C)coc3=C[N-]2)cc1-c1cc(C(C)(C)C)c2ccccc2c1. The normalized spacial score (nSPS) is 15.0. The third-order valence-electron chi connectivity index (χ3n) is 6.47. The first kappa shape index (κ1) is 22.2. The molecule has 0 spiro atoms. The van der Waals surface area contributed by atoms with Crippen molar-refractivity contribution in [3.63, 3.8) is 0 Å². The summed E-state index contributed by atoms with van der Waals surface area (Å²) in [6, 6.07) is 17.5. The van der Waals surface area contributed by atoms with Crippen molar-refractivity contribution in [3.8, 4) is 11.3 Å². The highest BCUT2D eigenvalue weighted by atomic mass is 16.3. The Morgan fingerprint density at radius 3 is 2.62 bits per heavy atom. The zero-order valence-electron chi connectivity index (χ0n) is 20.7. The van der Waals surface area contributed by atoms with Gasteiger partial charge in [0.1, 0.15) is 12.1 Å². The fraction of sp³-hybridized carbons (Fsp3) is 0.258. The fourth-order valence-electron chi connectivity index (χ4n) is 4.76. The largest absolute Gasteiger partial charge is 0.661 e. The summed E-state index contributed by atoms with van der Waals surface area (Å²) in [6.07, 6.45) is 8.88. The second kappa shape index (κ2) is 8.32. The molecule has 2 aromatic heterocycles. The predicted molar refractivity (Wildman–Crippen MR) is 141 cm³/mol. The highest BCUT2D eigenvalue weighted by Crippen LogP contribution is 2.33. The third kappa shape index (κ3) is 4.07. The number of pyridine rings is 1. The molecule has 0 unspecified atom stereocenters. The van der Waals surface area contributed by atoms with Gasteiger partial charge in [-0.2, -0.15) is 4.24 Å². The van der Waals surface area contributed by atoms with Gasteiger partial charge in [0.2, 0.25) is 5.69 Å². The number of benzene rings is 2.